The molecule has 1 saturated heterocycles. The summed E-state index contributed by atoms with van der Waals surface area (Å²) in [6.07, 6.45) is 2.59. The molecule has 0 amide bonds. The van der Waals surface area contributed by atoms with Gasteiger partial charge in [-0.1, -0.05) is 6.92 Å². The molecule has 19 heavy (non-hydrogen) atoms. The van der Waals surface area contributed by atoms with Gasteiger partial charge in [0.05, 0.1) is 6.04 Å². The van der Waals surface area contributed by atoms with Gasteiger partial charge in [-0.3, -0.25) is 4.79 Å². The number of anilines is 1. The van der Waals surface area contributed by atoms with Crippen LogP contribution in [0.15, 0.2) is 24.3 Å². The average Bonchev–Trinajstić information content (AvgIpc) is 2.46. The van der Waals surface area contributed by atoms with Crippen LogP contribution in [0.4, 0.5) is 5.69 Å². The Bertz CT molecular complexity index is 427. The minimum absolute atomic E-state index is 0.124. The summed E-state index contributed by atoms with van der Waals surface area (Å²) in [5.41, 5.74) is 2.02. The van der Waals surface area contributed by atoms with Crippen molar-refractivity contribution < 1.29 is 4.79 Å². The maximum absolute atomic E-state index is 12.0. The van der Waals surface area contributed by atoms with Gasteiger partial charge < -0.3 is 10.2 Å². The molecule has 1 aromatic carbocycles. The van der Waals surface area contributed by atoms with Crippen molar-refractivity contribution in [3.05, 3.63) is 29.8 Å². The summed E-state index contributed by atoms with van der Waals surface area (Å²) < 4.78 is 0. The number of hydrogen-bond donors (Lipinski definition) is 1. The minimum atomic E-state index is -0.124. The number of likely N-dealkylation sites (N-methyl/N-ethyl adjacent to an activating group) is 1. The molecule has 0 spiro atoms. The number of carbonyl (C=O) groups excluding carboxylic acids is 1. The Morgan fingerprint density at radius 2 is 2.05 bits per heavy atom. The SMILES string of the molecule is CNC(C)C(=O)c1ccc(N2CCCC(C)C2)cc1. The molecule has 3 heteroatoms. The molecule has 0 aliphatic carbocycles. The van der Waals surface area contributed by atoms with Crippen LogP contribution in [0, 0.1) is 5.92 Å². The Labute approximate surface area is 116 Å². The number of carbonyl (C=O) groups is 1. The molecule has 1 N–H and O–H groups in total. The highest BCUT2D eigenvalue weighted by atomic mass is 16.1. The minimum Gasteiger partial charge on any atom is -0.371 e. The lowest BCUT2D eigenvalue weighted by Gasteiger charge is -2.32. The first-order valence-corrected chi connectivity index (χ1v) is 7.18. The first-order chi connectivity index (χ1) is 9.11. The van der Waals surface area contributed by atoms with Crippen LogP contribution in [0.3, 0.4) is 0 Å². The molecule has 104 valence electrons. The van der Waals surface area contributed by atoms with Gasteiger partial charge in [0.25, 0.3) is 0 Å². The largest absolute Gasteiger partial charge is 0.371 e. The van der Waals surface area contributed by atoms with Crippen molar-refractivity contribution in [2.45, 2.75) is 32.7 Å². The second kappa shape index (κ2) is 6.20. The summed E-state index contributed by atoms with van der Waals surface area (Å²) in [4.78, 5) is 14.5. The van der Waals surface area contributed by atoms with Gasteiger partial charge in [0, 0.05) is 24.3 Å². The van der Waals surface area contributed by atoms with E-state index in [9.17, 15) is 4.79 Å². The molecule has 1 aliphatic heterocycles. The molecule has 0 aromatic heterocycles. The van der Waals surface area contributed by atoms with Gasteiger partial charge in [-0.2, -0.15) is 0 Å². The van der Waals surface area contributed by atoms with Crippen LogP contribution in [-0.4, -0.2) is 32.0 Å². The van der Waals surface area contributed by atoms with Crippen molar-refractivity contribution in [2.24, 2.45) is 5.92 Å². The van der Waals surface area contributed by atoms with Gasteiger partial charge in [0.1, 0.15) is 0 Å². The highest BCUT2D eigenvalue weighted by Crippen LogP contribution is 2.23. The number of nitrogens with one attached hydrogen (secondary N) is 1. The van der Waals surface area contributed by atoms with Gasteiger partial charge in [-0.05, 0) is 57.0 Å². The molecule has 2 rings (SSSR count). The number of benzene rings is 1. The summed E-state index contributed by atoms with van der Waals surface area (Å²) in [5, 5.41) is 2.99. The summed E-state index contributed by atoms with van der Waals surface area (Å²) in [6.45, 7) is 6.45. The van der Waals surface area contributed by atoms with E-state index in [1.54, 1.807) is 0 Å². The van der Waals surface area contributed by atoms with Crippen LogP contribution in [0.1, 0.15) is 37.0 Å². The fourth-order valence-corrected chi connectivity index (χ4v) is 2.64. The van der Waals surface area contributed by atoms with Crippen LogP contribution < -0.4 is 10.2 Å². The number of nitrogens with zero attached hydrogens (tertiary/aromatic N) is 1. The van der Waals surface area contributed by atoms with Crippen molar-refractivity contribution >= 4 is 11.5 Å². The average molecular weight is 260 g/mol. The monoisotopic (exact) mass is 260 g/mol. The van der Waals surface area contributed by atoms with Gasteiger partial charge >= 0.3 is 0 Å². The lowest BCUT2D eigenvalue weighted by atomic mass is 9.99. The van der Waals surface area contributed by atoms with Crippen molar-refractivity contribution in [2.75, 3.05) is 25.0 Å². The zero-order valence-corrected chi connectivity index (χ0v) is 12.1. The van der Waals surface area contributed by atoms with E-state index < -0.39 is 0 Å². The molecule has 2 atom stereocenters. The normalized spacial score (nSPS) is 21.2. The topological polar surface area (TPSA) is 32.3 Å². The summed E-state index contributed by atoms with van der Waals surface area (Å²) in [6, 6.07) is 7.93. The number of rotatable bonds is 4. The van der Waals surface area contributed by atoms with E-state index in [-0.39, 0.29) is 11.8 Å². The smallest absolute Gasteiger partial charge is 0.179 e. The highest BCUT2D eigenvalue weighted by molar-refractivity contribution is 6.00. The van der Waals surface area contributed by atoms with E-state index in [4.69, 9.17) is 0 Å². The van der Waals surface area contributed by atoms with E-state index in [1.165, 1.54) is 18.5 Å². The third-order valence-corrected chi connectivity index (χ3v) is 4.00. The molecule has 0 saturated carbocycles. The predicted octanol–water partition coefficient (Wildman–Crippen LogP) is 2.71. The number of hydrogen-bond acceptors (Lipinski definition) is 3. The molecule has 1 aliphatic rings. The van der Waals surface area contributed by atoms with E-state index in [0.717, 1.165) is 24.6 Å². The maximum atomic E-state index is 12.0. The quantitative estimate of drug-likeness (QED) is 0.845. The zero-order chi connectivity index (χ0) is 13.8. The maximum Gasteiger partial charge on any atom is 0.179 e. The predicted molar refractivity (Wildman–Crippen MR) is 79.9 cm³/mol. The molecular weight excluding hydrogens is 236 g/mol. The molecule has 0 radical (unpaired) electrons. The Balaban J connectivity index is 2.07. The fraction of sp³-hybridized carbons (Fsp3) is 0.562. The van der Waals surface area contributed by atoms with Crippen LogP contribution in [-0.2, 0) is 0 Å². The van der Waals surface area contributed by atoms with Gasteiger partial charge in [0.15, 0.2) is 5.78 Å². The lowest BCUT2D eigenvalue weighted by Crippen LogP contribution is -2.34. The van der Waals surface area contributed by atoms with Crippen LogP contribution in [0.2, 0.25) is 0 Å². The number of Topliss-reactive ketones (excluding diaryl/α,β-unsaturated/α-hetero) is 1. The third-order valence-electron chi connectivity index (χ3n) is 4.00. The molecule has 1 fully saturated rings. The van der Waals surface area contributed by atoms with Crippen molar-refractivity contribution in [3.63, 3.8) is 0 Å². The highest BCUT2D eigenvalue weighted by Gasteiger charge is 2.17. The van der Waals surface area contributed by atoms with Gasteiger partial charge in [-0.25, -0.2) is 0 Å². The second-order valence-corrected chi connectivity index (χ2v) is 5.61. The fourth-order valence-electron chi connectivity index (χ4n) is 2.64. The summed E-state index contributed by atoms with van der Waals surface area (Å²) in [5.74, 6) is 0.917. The van der Waals surface area contributed by atoms with E-state index in [2.05, 4.69) is 29.3 Å². The Kier molecular flexibility index (Phi) is 4.59. The molecule has 1 aromatic rings. The lowest BCUT2D eigenvalue weighted by molar-refractivity contribution is 0.0955. The standard InChI is InChI=1S/C16H24N2O/c1-12-5-4-10-18(11-12)15-8-6-14(7-9-15)16(19)13(2)17-3/h6-9,12-13,17H,4-5,10-11H2,1-3H3. The van der Waals surface area contributed by atoms with Crippen LogP contribution in [0.25, 0.3) is 0 Å². The van der Waals surface area contributed by atoms with Crippen LogP contribution >= 0.6 is 0 Å². The van der Waals surface area contributed by atoms with Gasteiger partial charge in [-0.15, -0.1) is 0 Å². The molecule has 0 bridgehead atoms. The summed E-state index contributed by atoms with van der Waals surface area (Å²) in [7, 11) is 1.81. The van der Waals surface area contributed by atoms with Crippen LogP contribution in [0.5, 0.6) is 0 Å². The molecular formula is C16H24N2O. The van der Waals surface area contributed by atoms with E-state index >= 15 is 0 Å². The third kappa shape index (κ3) is 3.35. The Morgan fingerprint density at radius 1 is 1.37 bits per heavy atom. The Morgan fingerprint density at radius 3 is 2.63 bits per heavy atom. The van der Waals surface area contributed by atoms with Gasteiger partial charge in [0.2, 0.25) is 0 Å². The number of ketones is 1. The second-order valence-electron chi connectivity index (χ2n) is 5.61. The molecule has 3 nitrogen and oxygen atoms in total. The number of piperidine rings is 1. The van der Waals surface area contributed by atoms with Crippen molar-refractivity contribution in [1.82, 2.24) is 5.32 Å². The summed E-state index contributed by atoms with van der Waals surface area (Å²) >= 11 is 0. The van der Waals surface area contributed by atoms with E-state index in [1.807, 2.05) is 26.1 Å². The first-order valence-electron chi connectivity index (χ1n) is 7.18. The first kappa shape index (κ1) is 14.1. The van der Waals surface area contributed by atoms with E-state index in [0.29, 0.717) is 0 Å². The van der Waals surface area contributed by atoms with Crippen molar-refractivity contribution in [1.29, 1.82) is 0 Å². The Hall–Kier alpha value is -1.35. The zero-order valence-electron chi connectivity index (χ0n) is 12.1. The molecule has 1 heterocycles. The van der Waals surface area contributed by atoms with Crippen molar-refractivity contribution in [3.8, 4) is 0 Å². The molecule has 2 unspecified atom stereocenters.